The van der Waals surface area contributed by atoms with E-state index in [-0.39, 0.29) is 13.0 Å². The second-order valence-electron chi connectivity index (χ2n) is 4.38. The van der Waals surface area contributed by atoms with E-state index >= 15 is 0 Å². The van der Waals surface area contributed by atoms with Crippen molar-refractivity contribution in [1.29, 1.82) is 0 Å². The Labute approximate surface area is 120 Å². The molecule has 0 aliphatic heterocycles. The molecule has 1 atom stereocenters. The molecule has 0 heterocycles. The fourth-order valence-corrected chi connectivity index (χ4v) is 1.59. The number of hydrogen-bond acceptors (Lipinski definition) is 3. The summed E-state index contributed by atoms with van der Waals surface area (Å²) in [7, 11) is 0. The molecular weight excluding hydrogens is 287 g/mol. The third-order valence-electron chi connectivity index (χ3n) is 2.58. The summed E-state index contributed by atoms with van der Waals surface area (Å²) in [5.74, 6) is -3.03. The molecule has 1 amide bonds. The summed E-state index contributed by atoms with van der Waals surface area (Å²) in [4.78, 5) is 22.8. The summed E-state index contributed by atoms with van der Waals surface area (Å²) in [6.07, 6.45) is -4.57. The van der Waals surface area contributed by atoms with E-state index in [1.54, 1.807) is 42.6 Å². The summed E-state index contributed by atoms with van der Waals surface area (Å²) in [6.45, 7) is 1.85. The first-order valence-electron chi connectivity index (χ1n) is 6.42. The van der Waals surface area contributed by atoms with E-state index in [2.05, 4.69) is 0 Å². The lowest BCUT2D eigenvalue weighted by molar-refractivity contribution is -0.175. The molecule has 0 bridgehead atoms. The monoisotopic (exact) mass is 303 g/mol. The van der Waals surface area contributed by atoms with E-state index < -0.39 is 24.1 Å². The summed E-state index contributed by atoms with van der Waals surface area (Å²) >= 11 is 0. The van der Waals surface area contributed by atoms with Gasteiger partial charge in [-0.25, -0.2) is 4.79 Å². The second-order valence-corrected chi connectivity index (χ2v) is 4.38. The molecule has 0 fully saturated rings. The van der Waals surface area contributed by atoms with Gasteiger partial charge in [0.15, 0.2) is 0 Å². The number of nitrogens with one attached hydrogen (secondary N) is 1. The average Bonchev–Trinajstić information content (AvgIpc) is 2.44. The Hall–Kier alpha value is -2.05. The van der Waals surface area contributed by atoms with Crippen LogP contribution in [0.2, 0.25) is 0 Å². The number of rotatable bonds is 6. The van der Waals surface area contributed by atoms with E-state index in [1.807, 2.05) is 0 Å². The lowest BCUT2D eigenvalue weighted by Crippen LogP contribution is -2.48. The summed E-state index contributed by atoms with van der Waals surface area (Å²) < 4.78 is 41.7. The molecule has 0 unspecified atom stereocenters. The molecule has 1 rings (SSSR count). The van der Waals surface area contributed by atoms with Crippen molar-refractivity contribution in [3.05, 3.63) is 35.9 Å². The molecule has 1 aromatic carbocycles. The Bertz CT molecular complexity index is 474. The minimum absolute atomic E-state index is 0.0643. The summed E-state index contributed by atoms with van der Waals surface area (Å²) in [6, 6.07) is 7.06. The molecule has 116 valence electrons. The number of esters is 1. The Morgan fingerprint density at radius 2 is 1.86 bits per heavy atom. The molecule has 1 N–H and O–H groups in total. The van der Waals surface area contributed by atoms with Gasteiger partial charge < -0.3 is 10.1 Å². The Morgan fingerprint density at radius 1 is 1.24 bits per heavy atom. The normalized spacial score (nSPS) is 12.6. The van der Waals surface area contributed by atoms with Crippen LogP contribution in [0.15, 0.2) is 30.3 Å². The van der Waals surface area contributed by atoms with Crippen LogP contribution >= 0.6 is 0 Å². The molecule has 0 radical (unpaired) electrons. The molecule has 4 nitrogen and oxygen atoms in total. The third-order valence-corrected chi connectivity index (χ3v) is 2.58. The number of carbonyl (C=O) groups is 2. The van der Waals surface area contributed by atoms with E-state index in [9.17, 15) is 22.8 Å². The standard InChI is InChI=1S/C14H16F3NO3/c1-2-8-21-12(19)11(18-13(20)14(15,16)17)9-10-6-4-3-5-7-10/h3-7,11H,2,8-9H2,1H3,(H,18,20)/t11-/m1/s1. The van der Waals surface area contributed by atoms with Crippen molar-refractivity contribution in [1.82, 2.24) is 5.32 Å². The van der Waals surface area contributed by atoms with E-state index in [1.165, 1.54) is 0 Å². The molecule has 21 heavy (non-hydrogen) atoms. The number of benzene rings is 1. The first-order valence-corrected chi connectivity index (χ1v) is 6.42. The van der Waals surface area contributed by atoms with E-state index in [4.69, 9.17) is 4.74 Å². The van der Waals surface area contributed by atoms with Gasteiger partial charge in [0.2, 0.25) is 0 Å². The van der Waals surface area contributed by atoms with Gasteiger partial charge in [-0.05, 0) is 12.0 Å². The number of amides is 1. The van der Waals surface area contributed by atoms with Crippen LogP contribution in [0.4, 0.5) is 13.2 Å². The zero-order valence-electron chi connectivity index (χ0n) is 11.4. The van der Waals surface area contributed by atoms with Crippen LogP contribution < -0.4 is 5.32 Å². The molecule has 1 aromatic rings. The highest BCUT2D eigenvalue weighted by Crippen LogP contribution is 2.15. The van der Waals surface area contributed by atoms with Crippen LogP contribution in [0.5, 0.6) is 0 Å². The Kier molecular flexibility index (Phi) is 6.20. The molecule has 0 spiro atoms. The van der Waals surface area contributed by atoms with E-state index in [0.29, 0.717) is 12.0 Å². The predicted octanol–water partition coefficient (Wildman–Crippen LogP) is 2.23. The first-order chi connectivity index (χ1) is 9.84. The van der Waals surface area contributed by atoms with Gasteiger partial charge >= 0.3 is 18.1 Å². The van der Waals surface area contributed by atoms with Crippen LogP contribution in [-0.2, 0) is 20.7 Å². The molecule has 0 aromatic heterocycles. The Morgan fingerprint density at radius 3 is 2.38 bits per heavy atom. The maximum atomic E-state index is 12.3. The minimum atomic E-state index is -5.04. The van der Waals surface area contributed by atoms with Crippen molar-refractivity contribution in [3.63, 3.8) is 0 Å². The number of halogens is 3. The minimum Gasteiger partial charge on any atom is -0.464 e. The van der Waals surface area contributed by atoms with Gasteiger partial charge in [0, 0.05) is 6.42 Å². The van der Waals surface area contributed by atoms with E-state index in [0.717, 1.165) is 0 Å². The van der Waals surface area contributed by atoms with Gasteiger partial charge in [0.1, 0.15) is 6.04 Å². The van der Waals surface area contributed by atoms with Gasteiger partial charge in [-0.15, -0.1) is 0 Å². The highest BCUT2D eigenvalue weighted by Gasteiger charge is 2.41. The number of hydrogen-bond donors (Lipinski definition) is 1. The van der Waals surface area contributed by atoms with Crippen LogP contribution in [0.1, 0.15) is 18.9 Å². The van der Waals surface area contributed by atoms with Gasteiger partial charge in [0.05, 0.1) is 6.61 Å². The van der Waals surface area contributed by atoms with Crippen molar-refractivity contribution in [2.75, 3.05) is 6.61 Å². The average molecular weight is 303 g/mol. The topological polar surface area (TPSA) is 55.4 Å². The quantitative estimate of drug-likeness (QED) is 0.820. The summed E-state index contributed by atoms with van der Waals surface area (Å²) in [5.41, 5.74) is 0.624. The fourth-order valence-electron chi connectivity index (χ4n) is 1.59. The second kappa shape index (κ2) is 7.66. The predicted molar refractivity (Wildman–Crippen MR) is 69.4 cm³/mol. The van der Waals surface area contributed by atoms with Crippen molar-refractivity contribution in [2.45, 2.75) is 32.0 Å². The third kappa shape index (κ3) is 5.85. The fraction of sp³-hybridized carbons (Fsp3) is 0.429. The van der Waals surface area contributed by atoms with Crippen molar-refractivity contribution in [3.8, 4) is 0 Å². The summed E-state index contributed by atoms with van der Waals surface area (Å²) in [5, 5.41) is 1.68. The largest absolute Gasteiger partial charge is 0.471 e. The lowest BCUT2D eigenvalue weighted by Gasteiger charge is -2.18. The SMILES string of the molecule is CCCOC(=O)[C@@H](Cc1ccccc1)NC(=O)C(F)(F)F. The van der Waals surface area contributed by atoms with Gasteiger partial charge in [-0.3, -0.25) is 4.79 Å². The zero-order valence-corrected chi connectivity index (χ0v) is 11.4. The zero-order chi connectivity index (χ0) is 15.9. The molecule has 0 saturated heterocycles. The lowest BCUT2D eigenvalue weighted by atomic mass is 10.1. The van der Waals surface area contributed by atoms with Crippen molar-refractivity contribution >= 4 is 11.9 Å². The number of alkyl halides is 3. The number of ether oxygens (including phenoxy) is 1. The molecular formula is C14H16F3NO3. The molecule has 0 saturated carbocycles. The van der Waals surface area contributed by atoms with Crippen LogP contribution in [0.25, 0.3) is 0 Å². The smallest absolute Gasteiger partial charge is 0.464 e. The van der Waals surface area contributed by atoms with Crippen LogP contribution in [-0.4, -0.2) is 30.7 Å². The molecule has 0 aliphatic carbocycles. The van der Waals surface area contributed by atoms with Crippen molar-refractivity contribution < 1.29 is 27.5 Å². The van der Waals surface area contributed by atoms with Crippen molar-refractivity contribution in [2.24, 2.45) is 0 Å². The number of carbonyl (C=O) groups excluding carboxylic acids is 2. The molecule has 0 aliphatic rings. The first kappa shape index (κ1) is 17.0. The van der Waals surface area contributed by atoms with Gasteiger partial charge in [0.25, 0.3) is 0 Å². The highest BCUT2D eigenvalue weighted by atomic mass is 19.4. The maximum absolute atomic E-state index is 12.3. The molecule has 7 heteroatoms. The maximum Gasteiger partial charge on any atom is 0.471 e. The van der Waals surface area contributed by atoms with Crippen LogP contribution in [0.3, 0.4) is 0 Å². The highest BCUT2D eigenvalue weighted by molar-refractivity contribution is 5.87. The Balaban J connectivity index is 2.79. The van der Waals surface area contributed by atoms with Gasteiger partial charge in [-0.2, -0.15) is 13.2 Å². The van der Waals surface area contributed by atoms with Gasteiger partial charge in [-0.1, -0.05) is 37.3 Å². The van der Waals surface area contributed by atoms with Crippen LogP contribution in [0, 0.1) is 0 Å².